The van der Waals surface area contributed by atoms with E-state index in [1.54, 1.807) is 0 Å². The highest BCUT2D eigenvalue weighted by atomic mass is 16.2. The molecule has 2 N–H and O–H groups in total. The molecule has 0 radical (unpaired) electrons. The fraction of sp³-hybridized carbons (Fsp3) is 0.286. The van der Waals surface area contributed by atoms with Gasteiger partial charge in [-0.05, 0) is 54.7 Å². The lowest BCUT2D eigenvalue weighted by Crippen LogP contribution is -2.51. The average molecular weight is 365 g/mol. The van der Waals surface area contributed by atoms with Gasteiger partial charge in [0.25, 0.3) is 11.8 Å². The molecule has 1 fully saturated rings. The van der Waals surface area contributed by atoms with Crippen LogP contribution in [0.4, 0.5) is 4.79 Å². The van der Waals surface area contributed by atoms with E-state index >= 15 is 0 Å². The van der Waals surface area contributed by atoms with E-state index < -0.39 is 17.8 Å². The highest BCUT2D eigenvalue weighted by Crippen LogP contribution is 2.26. The maximum atomic E-state index is 12.0. The molecular formula is C21H23N3O3. The maximum Gasteiger partial charge on any atom is 0.328 e. The number of aromatic nitrogens is 1. The van der Waals surface area contributed by atoms with Gasteiger partial charge in [0.1, 0.15) is 5.57 Å². The van der Waals surface area contributed by atoms with E-state index in [0.717, 1.165) is 22.6 Å². The van der Waals surface area contributed by atoms with E-state index in [-0.39, 0.29) is 11.0 Å². The highest BCUT2D eigenvalue weighted by Gasteiger charge is 2.28. The Morgan fingerprint density at radius 3 is 2.00 bits per heavy atom. The van der Waals surface area contributed by atoms with Crippen molar-refractivity contribution in [3.8, 4) is 5.69 Å². The fourth-order valence-electron chi connectivity index (χ4n) is 3.20. The summed E-state index contributed by atoms with van der Waals surface area (Å²) in [6.07, 6.45) is 1.51. The molecule has 140 valence electrons. The van der Waals surface area contributed by atoms with Crippen LogP contribution in [-0.4, -0.2) is 22.4 Å². The molecule has 4 amide bonds. The highest BCUT2D eigenvalue weighted by molar-refractivity contribution is 6.31. The average Bonchev–Trinajstić information content (AvgIpc) is 2.84. The van der Waals surface area contributed by atoms with Crippen molar-refractivity contribution in [2.45, 2.75) is 40.0 Å². The molecule has 3 rings (SSSR count). The van der Waals surface area contributed by atoms with Gasteiger partial charge < -0.3 is 4.57 Å². The summed E-state index contributed by atoms with van der Waals surface area (Å²) < 4.78 is 2.07. The zero-order chi connectivity index (χ0) is 19.9. The van der Waals surface area contributed by atoms with E-state index in [1.165, 1.54) is 11.6 Å². The number of urea groups is 1. The van der Waals surface area contributed by atoms with Crippen LogP contribution in [0.15, 0.2) is 35.9 Å². The minimum atomic E-state index is -0.799. The second-order valence-electron chi connectivity index (χ2n) is 7.75. The number of imide groups is 2. The molecule has 0 bridgehead atoms. The Morgan fingerprint density at radius 2 is 1.48 bits per heavy atom. The van der Waals surface area contributed by atoms with Crippen molar-refractivity contribution in [3.63, 3.8) is 0 Å². The third-order valence-corrected chi connectivity index (χ3v) is 4.71. The second-order valence-corrected chi connectivity index (χ2v) is 7.75. The van der Waals surface area contributed by atoms with Gasteiger partial charge in [0.2, 0.25) is 0 Å². The van der Waals surface area contributed by atoms with Gasteiger partial charge in [-0.3, -0.25) is 20.2 Å². The number of hydrogen-bond acceptors (Lipinski definition) is 3. The number of hydrogen-bond donors (Lipinski definition) is 2. The molecule has 2 heterocycles. The Kier molecular flexibility index (Phi) is 4.51. The summed E-state index contributed by atoms with van der Waals surface area (Å²) in [5.74, 6) is -1.38. The Morgan fingerprint density at radius 1 is 0.926 bits per heavy atom. The molecule has 0 saturated carbocycles. The number of nitrogens with zero attached hydrogens (tertiary/aromatic N) is 1. The molecule has 1 saturated heterocycles. The first-order valence-electron chi connectivity index (χ1n) is 8.76. The first-order chi connectivity index (χ1) is 12.6. The van der Waals surface area contributed by atoms with E-state index in [4.69, 9.17) is 0 Å². The normalized spacial score (nSPS) is 14.9. The number of benzene rings is 1. The summed E-state index contributed by atoms with van der Waals surface area (Å²) in [5.41, 5.74) is 4.89. The fourth-order valence-corrected chi connectivity index (χ4v) is 3.20. The molecule has 1 aliphatic rings. The van der Waals surface area contributed by atoms with Crippen molar-refractivity contribution in [2.75, 3.05) is 0 Å². The molecule has 6 heteroatoms. The van der Waals surface area contributed by atoms with E-state index in [0.29, 0.717) is 0 Å². The van der Waals surface area contributed by atoms with Gasteiger partial charge in [-0.25, -0.2) is 4.79 Å². The van der Waals surface area contributed by atoms with Gasteiger partial charge >= 0.3 is 6.03 Å². The van der Waals surface area contributed by atoms with Crippen LogP contribution < -0.4 is 10.6 Å². The van der Waals surface area contributed by atoms with Crippen molar-refractivity contribution in [3.05, 3.63) is 58.4 Å². The van der Waals surface area contributed by atoms with Crippen LogP contribution in [0.5, 0.6) is 0 Å². The summed E-state index contributed by atoms with van der Waals surface area (Å²) in [7, 11) is 0. The van der Waals surface area contributed by atoms with E-state index in [9.17, 15) is 14.4 Å². The molecule has 2 aromatic rings. The lowest BCUT2D eigenvalue weighted by molar-refractivity contribution is -0.123. The van der Waals surface area contributed by atoms with Crippen molar-refractivity contribution < 1.29 is 14.4 Å². The van der Waals surface area contributed by atoms with Crippen LogP contribution in [-0.2, 0) is 15.0 Å². The van der Waals surface area contributed by atoms with Gasteiger partial charge in [0, 0.05) is 17.1 Å². The molecule has 0 unspecified atom stereocenters. The van der Waals surface area contributed by atoms with Gasteiger partial charge in [0.05, 0.1) is 0 Å². The SMILES string of the molecule is Cc1cc(C=C2C(=O)NC(=O)NC2=O)c(C)n1-c1ccc(C(C)(C)C)cc1. The van der Waals surface area contributed by atoms with Crippen LogP contribution in [0, 0.1) is 13.8 Å². The van der Waals surface area contributed by atoms with Gasteiger partial charge in [-0.1, -0.05) is 32.9 Å². The van der Waals surface area contributed by atoms with Crippen LogP contribution >= 0.6 is 0 Å². The number of carbonyl (C=O) groups excluding carboxylic acids is 3. The molecular weight excluding hydrogens is 342 g/mol. The summed E-state index contributed by atoms with van der Waals surface area (Å²) in [5, 5.41) is 4.18. The van der Waals surface area contributed by atoms with Crippen molar-refractivity contribution in [2.24, 2.45) is 0 Å². The molecule has 0 spiro atoms. The van der Waals surface area contributed by atoms with Crippen LogP contribution in [0.25, 0.3) is 11.8 Å². The van der Waals surface area contributed by atoms with Gasteiger partial charge in [-0.2, -0.15) is 0 Å². The number of carbonyl (C=O) groups is 3. The van der Waals surface area contributed by atoms with Crippen molar-refractivity contribution in [1.82, 2.24) is 15.2 Å². The standard InChI is InChI=1S/C21H23N3O3/c1-12-10-14(11-17-18(25)22-20(27)23-19(17)26)13(2)24(12)16-8-6-15(7-9-16)21(3,4)5/h6-11H,1-5H3,(H2,22,23,25,26,27). The Labute approximate surface area is 158 Å². The number of amides is 4. The minimum absolute atomic E-state index is 0.0774. The van der Waals surface area contributed by atoms with E-state index in [1.807, 2.05) is 19.9 Å². The zero-order valence-corrected chi connectivity index (χ0v) is 16.1. The first kappa shape index (κ1) is 18.6. The summed E-state index contributed by atoms with van der Waals surface area (Å²) in [4.78, 5) is 35.1. The van der Waals surface area contributed by atoms with Gasteiger partial charge in [-0.15, -0.1) is 0 Å². The minimum Gasteiger partial charge on any atom is -0.318 e. The summed E-state index contributed by atoms with van der Waals surface area (Å²) in [6, 6.07) is 9.47. The monoisotopic (exact) mass is 365 g/mol. The van der Waals surface area contributed by atoms with E-state index in [2.05, 4.69) is 60.2 Å². The number of aryl methyl sites for hydroxylation is 1. The topological polar surface area (TPSA) is 80.2 Å². The quantitative estimate of drug-likeness (QED) is 0.634. The van der Waals surface area contributed by atoms with Crippen LogP contribution in [0.1, 0.15) is 43.3 Å². The molecule has 0 aliphatic carbocycles. The zero-order valence-electron chi connectivity index (χ0n) is 16.1. The van der Waals surface area contributed by atoms with Crippen molar-refractivity contribution >= 4 is 23.9 Å². The smallest absolute Gasteiger partial charge is 0.318 e. The predicted molar refractivity (Wildman–Crippen MR) is 104 cm³/mol. The Bertz CT molecular complexity index is 951. The third-order valence-electron chi connectivity index (χ3n) is 4.71. The summed E-state index contributed by atoms with van der Waals surface area (Å²) in [6.45, 7) is 10.4. The van der Waals surface area contributed by atoms with Crippen molar-refractivity contribution in [1.29, 1.82) is 0 Å². The number of nitrogens with one attached hydrogen (secondary N) is 2. The lowest BCUT2D eigenvalue weighted by atomic mass is 9.87. The van der Waals surface area contributed by atoms with Crippen LogP contribution in [0.2, 0.25) is 0 Å². The molecule has 1 aliphatic heterocycles. The Hall–Kier alpha value is -3.15. The third kappa shape index (κ3) is 3.56. The molecule has 27 heavy (non-hydrogen) atoms. The second kappa shape index (κ2) is 6.54. The molecule has 0 atom stereocenters. The maximum absolute atomic E-state index is 12.0. The molecule has 1 aromatic heterocycles. The number of barbiturate groups is 1. The predicted octanol–water partition coefficient (Wildman–Crippen LogP) is 3.14. The summed E-state index contributed by atoms with van der Waals surface area (Å²) >= 11 is 0. The van der Waals surface area contributed by atoms with Gasteiger partial charge in [0.15, 0.2) is 0 Å². The lowest BCUT2D eigenvalue weighted by Gasteiger charge is -2.20. The Balaban J connectivity index is 2.01. The largest absolute Gasteiger partial charge is 0.328 e. The first-order valence-corrected chi connectivity index (χ1v) is 8.76. The number of rotatable bonds is 2. The van der Waals surface area contributed by atoms with Crippen LogP contribution in [0.3, 0.4) is 0 Å². The molecule has 1 aromatic carbocycles. The molecule has 6 nitrogen and oxygen atoms in total.